The summed E-state index contributed by atoms with van der Waals surface area (Å²) in [5, 5.41) is 2.93. The minimum absolute atomic E-state index is 0.00752. The zero-order chi connectivity index (χ0) is 23.2. The van der Waals surface area contributed by atoms with Crippen LogP contribution >= 0.6 is 0 Å². The first kappa shape index (κ1) is 24.6. The Labute approximate surface area is 188 Å². The van der Waals surface area contributed by atoms with E-state index in [9.17, 15) is 9.59 Å². The standard InChI is InChI=1S/C27H38N2O2/c1-19(2)28-26(31)21(4)29(18-23-10-8-20(3)9-11-23)25(30)17-14-22-12-15-24(16-13-22)27(5,6)7/h8-13,15-16,19,21H,14,17-18H2,1-7H3,(H,28,31)/t21-/m0/s1. The highest BCUT2D eigenvalue weighted by Gasteiger charge is 2.26. The summed E-state index contributed by atoms with van der Waals surface area (Å²) in [5.41, 5.74) is 4.72. The van der Waals surface area contributed by atoms with Gasteiger partial charge in [0.25, 0.3) is 0 Å². The molecule has 0 saturated heterocycles. The number of carbonyl (C=O) groups is 2. The maximum Gasteiger partial charge on any atom is 0.242 e. The van der Waals surface area contributed by atoms with Gasteiger partial charge < -0.3 is 10.2 Å². The van der Waals surface area contributed by atoms with Crippen LogP contribution in [0, 0.1) is 6.92 Å². The van der Waals surface area contributed by atoms with Gasteiger partial charge in [-0.2, -0.15) is 0 Å². The van der Waals surface area contributed by atoms with E-state index in [0.29, 0.717) is 19.4 Å². The lowest BCUT2D eigenvalue weighted by Gasteiger charge is -2.29. The molecule has 0 unspecified atom stereocenters. The molecule has 0 aliphatic rings. The van der Waals surface area contributed by atoms with Crippen LogP contribution in [0.5, 0.6) is 0 Å². The summed E-state index contributed by atoms with van der Waals surface area (Å²) in [6.07, 6.45) is 1.03. The Kier molecular flexibility index (Phi) is 8.43. The SMILES string of the molecule is Cc1ccc(CN(C(=O)CCc2ccc(C(C)(C)C)cc2)[C@@H](C)C(=O)NC(C)C)cc1. The number of aryl methyl sites for hydroxylation is 2. The van der Waals surface area contributed by atoms with E-state index in [1.54, 1.807) is 4.90 Å². The Balaban J connectivity index is 2.12. The molecule has 0 bridgehead atoms. The van der Waals surface area contributed by atoms with Crippen molar-refractivity contribution in [1.29, 1.82) is 0 Å². The summed E-state index contributed by atoms with van der Waals surface area (Å²) >= 11 is 0. The third-order valence-corrected chi connectivity index (χ3v) is 5.52. The Morgan fingerprint density at radius 1 is 0.903 bits per heavy atom. The van der Waals surface area contributed by atoms with Gasteiger partial charge in [0, 0.05) is 19.0 Å². The zero-order valence-electron chi connectivity index (χ0n) is 20.2. The molecule has 0 heterocycles. The van der Waals surface area contributed by atoms with Gasteiger partial charge in [-0.1, -0.05) is 74.9 Å². The van der Waals surface area contributed by atoms with Gasteiger partial charge in [0.1, 0.15) is 6.04 Å². The highest BCUT2D eigenvalue weighted by atomic mass is 16.2. The van der Waals surface area contributed by atoms with Crippen LogP contribution in [0.1, 0.15) is 70.2 Å². The largest absolute Gasteiger partial charge is 0.352 e. The number of nitrogens with zero attached hydrogens (tertiary/aromatic N) is 1. The summed E-state index contributed by atoms with van der Waals surface area (Å²) in [6, 6.07) is 16.1. The van der Waals surface area contributed by atoms with Gasteiger partial charge in [-0.05, 0) is 56.2 Å². The van der Waals surface area contributed by atoms with Crippen molar-refractivity contribution in [3.8, 4) is 0 Å². The molecule has 4 nitrogen and oxygen atoms in total. The van der Waals surface area contributed by atoms with Crippen molar-refractivity contribution < 1.29 is 9.59 Å². The van der Waals surface area contributed by atoms with E-state index in [1.807, 2.05) is 52.0 Å². The number of hydrogen-bond donors (Lipinski definition) is 1. The number of hydrogen-bond acceptors (Lipinski definition) is 2. The molecule has 0 spiro atoms. The maximum atomic E-state index is 13.2. The van der Waals surface area contributed by atoms with Crippen molar-refractivity contribution in [3.63, 3.8) is 0 Å². The quantitative estimate of drug-likeness (QED) is 0.638. The Morgan fingerprint density at radius 3 is 1.97 bits per heavy atom. The summed E-state index contributed by atoms with van der Waals surface area (Å²) in [6.45, 7) is 14.7. The van der Waals surface area contributed by atoms with Crippen molar-refractivity contribution in [3.05, 3.63) is 70.8 Å². The van der Waals surface area contributed by atoms with Gasteiger partial charge in [-0.3, -0.25) is 9.59 Å². The van der Waals surface area contributed by atoms with Crippen LogP contribution in [0.15, 0.2) is 48.5 Å². The zero-order valence-corrected chi connectivity index (χ0v) is 20.2. The Morgan fingerprint density at radius 2 is 1.45 bits per heavy atom. The fraction of sp³-hybridized carbons (Fsp3) is 0.481. The topological polar surface area (TPSA) is 49.4 Å². The Hall–Kier alpha value is -2.62. The molecule has 2 aromatic carbocycles. The molecule has 2 amide bonds. The number of nitrogens with one attached hydrogen (secondary N) is 1. The predicted octanol–water partition coefficient (Wildman–Crippen LogP) is 5.17. The first-order valence-electron chi connectivity index (χ1n) is 11.2. The smallest absolute Gasteiger partial charge is 0.242 e. The summed E-state index contributed by atoms with van der Waals surface area (Å²) in [5.74, 6) is -0.128. The molecule has 0 saturated carbocycles. The molecule has 0 aliphatic heterocycles. The molecule has 2 rings (SSSR count). The molecule has 0 radical (unpaired) electrons. The van der Waals surface area contributed by atoms with Gasteiger partial charge >= 0.3 is 0 Å². The molecule has 1 N–H and O–H groups in total. The molecule has 0 aromatic heterocycles. The van der Waals surface area contributed by atoms with E-state index in [-0.39, 0.29) is 23.3 Å². The van der Waals surface area contributed by atoms with Crippen molar-refractivity contribution in [2.24, 2.45) is 0 Å². The summed E-state index contributed by atoms with van der Waals surface area (Å²) < 4.78 is 0. The fourth-order valence-electron chi connectivity index (χ4n) is 3.44. The first-order chi connectivity index (χ1) is 14.5. The van der Waals surface area contributed by atoms with Gasteiger partial charge in [0.2, 0.25) is 11.8 Å². The molecular weight excluding hydrogens is 384 g/mol. The van der Waals surface area contributed by atoms with Crippen LogP contribution in [-0.4, -0.2) is 28.8 Å². The molecule has 31 heavy (non-hydrogen) atoms. The third-order valence-electron chi connectivity index (χ3n) is 5.52. The summed E-state index contributed by atoms with van der Waals surface area (Å²) in [4.78, 5) is 27.5. The molecule has 168 valence electrons. The van der Waals surface area contributed by atoms with Crippen molar-refractivity contribution >= 4 is 11.8 Å². The monoisotopic (exact) mass is 422 g/mol. The van der Waals surface area contributed by atoms with Crippen molar-refractivity contribution in [2.75, 3.05) is 0 Å². The number of rotatable bonds is 8. The minimum atomic E-state index is -0.528. The fourth-order valence-corrected chi connectivity index (χ4v) is 3.44. The number of carbonyl (C=O) groups excluding carboxylic acids is 2. The van der Waals surface area contributed by atoms with Gasteiger partial charge in [0.05, 0.1) is 0 Å². The van der Waals surface area contributed by atoms with E-state index in [0.717, 1.165) is 11.1 Å². The van der Waals surface area contributed by atoms with Crippen molar-refractivity contribution in [2.45, 2.75) is 85.4 Å². The molecular formula is C27H38N2O2. The Bertz CT molecular complexity index is 862. The second kappa shape index (κ2) is 10.6. The van der Waals surface area contributed by atoms with Crippen LogP contribution in [0.25, 0.3) is 0 Å². The maximum absolute atomic E-state index is 13.2. The second-order valence-corrected chi connectivity index (χ2v) is 9.79. The number of amides is 2. The first-order valence-corrected chi connectivity index (χ1v) is 11.2. The van der Waals surface area contributed by atoms with Crippen LogP contribution in [-0.2, 0) is 28.0 Å². The third kappa shape index (κ3) is 7.54. The van der Waals surface area contributed by atoms with Crippen LogP contribution in [0.3, 0.4) is 0 Å². The molecule has 1 atom stereocenters. The minimum Gasteiger partial charge on any atom is -0.352 e. The highest BCUT2D eigenvalue weighted by Crippen LogP contribution is 2.22. The van der Waals surface area contributed by atoms with Crippen LogP contribution in [0.2, 0.25) is 0 Å². The lowest BCUT2D eigenvalue weighted by atomic mass is 9.86. The van der Waals surface area contributed by atoms with Gasteiger partial charge in [-0.15, -0.1) is 0 Å². The number of benzene rings is 2. The van der Waals surface area contributed by atoms with Crippen LogP contribution < -0.4 is 5.32 Å². The summed E-state index contributed by atoms with van der Waals surface area (Å²) in [7, 11) is 0. The molecule has 0 fully saturated rings. The van der Waals surface area contributed by atoms with E-state index < -0.39 is 6.04 Å². The van der Waals surface area contributed by atoms with E-state index >= 15 is 0 Å². The van der Waals surface area contributed by atoms with Crippen molar-refractivity contribution in [1.82, 2.24) is 10.2 Å². The normalized spacial score (nSPS) is 12.5. The van der Waals surface area contributed by atoms with Gasteiger partial charge in [0.15, 0.2) is 0 Å². The average molecular weight is 423 g/mol. The molecule has 4 heteroatoms. The highest BCUT2D eigenvalue weighted by molar-refractivity contribution is 5.87. The lowest BCUT2D eigenvalue weighted by Crippen LogP contribution is -2.49. The second-order valence-electron chi connectivity index (χ2n) is 9.79. The van der Waals surface area contributed by atoms with Gasteiger partial charge in [-0.25, -0.2) is 0 Å². The van der Waals surface area contributed by atoms with E-state index in [1.165, 1.54) is 11.1 Å². The molecule has 2 aromatic rings. The predicted molar refractivity (Wildman–Crippen MR) is 128 cm³/mol. The lowest BCUT2D eigenvalue weighted by molar-refractivity contribution is -0.140. The van der Waals surface area contributed by atoms with Crippen LogP contribution in [0.4, 0.5) is 0 Å². The average Bonchev–Trinajstić information content (AvgIpc) is 2.70. The van der Waals surface area contributed by atoms with E-state index in [2.05, 4.69) is 50.4 Å². The molecule has 0 aliphatic carbocycles. The van der Waals surface area contributed by atoms with E-state index in [4.69, 9.17) is 0 Å².